The van der Waals surface area contributed by atoms with Crippen LogP contribution in [0.5, 0.6) is 5.75 Å². The van der Waals surface area contributed by atoms with Crippen molar-refractivity contribution < 1.29 is 14.3 Å². The first kappa shape index (κ1) is 18.8. The minimum Gasteiger partial charge on any atom is -0.485 e. The van der Waals surface area contributed by atoms with Crippen molar-refractivity contribution in [2.45, 2.75) is 69.2 Å². The van der Waals surface area contributed by atoms with Gasteiger partial charge in [0, 0.05) is 24.8 Å². The molecular weight excluding hydrogens is 340 g/mol. The number of hydrogen-bond donors (Lipinski definition) is 0. The van der Waals surface area contributed by atoms with Crippen LogP contribution in [-0.4, -0.2) is 60.7 Å². The van der Waals surface area contributed by atoms with Crippen LogP contribution in [0.25, 0.3) is 0 Å². The number of fused-ring (bicyclic) bond motifs is 1. The minimum atomic E-state index is -0.279. The molecule has 1 atom stereocenters. The lowest BCUT2D eigenvalue weighted by Crippen LogP contribution is -2.53. The van der Waals surface area contributed by atoms with Gasteiger partial charge in [-0.25, -0.2) is 0 Å². The Morgan fingerprint density at radius 2 is 1.93 bits per heavy atom. The lowest BCUT2D eigenvalue weighted by atomic mass is 9.81. The van der Waals surface area contributed by atoms with Gasteiger partial charge in [-0.1, -0.05) is 18.2 Å². The van der Waals surface area contributed by atoms with E-state index in [0.717, 1.165) is 56.3 Å². The lowest BCUT2D eigenvalue weighted by molar-refractivity contribution is -0.150. The van der Waals surface area contributed by atoms with Crippen LogP contribution in [-0.2, 0) is 16.1 Å². The number of nitrogens with zero attached hydrogens (tertiary/aromatic N) is 2. The van der Waals surface area contributed by atoms with E-state index in [1.54, 1.807) is 0 Å². The third-order valence-electron chi connectivity index (χ3n) is 6.50. The maximum absolute atomic E-state index is 13.3. The second-order valence-corrected chi connectivity index (χ2v) is 8.64. The summed E-state index contributed by atoms with van der Waals surface area (Å²) in [7, 11) is 4.31. The highest BCUT2D eigenvalue weighted by Crippen LogP contribution is 2.39. The minimum absolute atomic E-state index is 0.143. The van der Waals surface area contributed by atoms with E-state index in [-0.39, 0.29) is 17.6 Å². The van der Waals surface area contributed by atoms with Crippen LogP contribution in [0.15, 0.2) is 24.3 Å². The van der Waals surface area contributed by atoms with E-state index in [1.165, 1.54) is 0 Å². The molecule has 1 saturated heterocycles. The molecule has 0 unspecified atom stereocenters. The van der Waals surface area contributed by atoms with Gasteiger partial charge in [-0.2, -0.15) is 0 Å². The van der Waals surface area contributed by atoms with E-state index >= 15 is 0 Å². The third kappa shape index (κ3) is 3.99. The largest absolute Gasteiger partial charge is 0.485 e. The van der Waals surface area contributed by atoms with E-state index in [9.17, 15) is 4.79 Å². The Morgan fingerprint density at radius 3 is 2.63 bits per heavy atom. The number of carbonyl (C=O) groups excluding carboxylic acids is 1. The fraction of sp³-hybridized carbons (Fsp3) is 0.682. The summed E-state index contributed by atoms with van der Waals surface area (Å²) in [5, 5.41) is 0. The zero-order valence-electron chi connectivity index (χ0n) is 16.7. The maximum atomic E-state index is 13.3. The zero-order chi connectivity index (χ0) is 18.9. The Labute approximate surface area is 162 Å². The monoisotopic (exact) mass is 372 g/mol. The molecule has 1 saturated carbocycles. The number of rotatable bonds is 2. The second-order valence-electron chi connectivity index (χ2n) is 8.64. The van der Waals surface area contributed by atoms with Crippen LogP contribution < -0.4 is 4.74 Å². The second kappa shape index (κ2) is 7.80. The molecule has 1 aromatic carbocycles. The van der Waals surface area contributed by atoms with Crippen LogP contribution in [0.4, 0.5) is 0 Å². The normalized spacial score (nSPS) is 31.3. The summed E-state index contributed by atoms with van der Waals surface area (Å²) in [5.41, 5.74) is 0.831. The number of ether oxygens (including phenoxy) is 2. The SMILES string of the molecule is CN(C)C1CCC2(CC1)CN(C(=O)[C@H]1CCCCO1)Cc1ccccc1O2. The first-order chi connectivity index (χ1) is 13.1. The molecule has 0 aromatic heterocycles. The van der Waals surface area contributed by atoms with Crippen molar-refractivity contribution in [3.8, 4) is 5.75 Å². The van der Waals surface area contributed by atoms with Gasteiger partial charge in [0.2, 0.25) is 0 Å². The van der Waals surface area contributed by atoms with Gasteiger partial charge < -0.3 is 19.3 Å². The first-order valence-electron chi connectivity index (χ1n) is 10.4. The van der Waals surface area contributed by atoms with Gasteiger partial charge in [-0.05, 0) is 65.1 Å². The molecule has 27 heavy (non-hydrogen) atoms. The molecule has 3 aliphatic rings. The molecule has 1 aliphatic carbocycles. The van der Waals surface area contributed by atoms with Gasteiger partial charge in [0.25, 0.3) is 5.91 Å². The molecule has 5 nitrogen and oxygen atoms in total. The summed E-state index contributed by atoms with van der Waals surface area (Å²) in [4.78, 5) is 17.6. The van der Waals surface area contributed by atoms with Crippen LogP contribution in [0.3, 0.4) is 0 Å². The molecule has 2 aliphatic heterocycles. The maximum Gasteiger partial charge on any atom is 0.252 e. The van der Waals surface area contributed by atoms with Crippen molar-refractivity contribution in [1.29, 1.82) is 0 Å². The van der Waals surface area contributed by atoms with Gasteiger partial charge in [-0.15, -0.1) is 0 Å². The van der Waals surface area contributed by atoms with E-state index in [2.05, 4.69) is 31.1 Å². The summed E-state index contributed by atoms with van der Waals surface area (Å²) in [6, 6.07) is 8.80. The van der Waals surface area contributed by atoms with E-state index in [4.69, 9.17) is 9.47 Å². The highest BCUT2D eigenvalue weighted by molar-refractivity contribution is 5.81. The zero-order valence-corrected chi connectivity index (χ0v) is 16.7. The molecule has 0 N–H and O–H groups in total. The molecule has 2 heterocycles. The molecule has 1 aromatic rings. The van der Waals surface area contributed by atoms with Gasteiger partial charge in [0.1, 0.15) is 17.5 Å². The molecule has 2 fully saturated rings. The Hall–Kier alpha value is -1.59. The fourth-order valence-electron chi connectivity index (χ4n) is 4.81. The number of amides is 1. The third-order valence-corrected chi connectivity index (χ3v) is 6.50. The van der Waals surface area contributed by atoms with Crippen molar-refractivity contribution in [3.05, 3.63) is 29.8 Å². The van der Waals surface area contributed by atoms with Crippen LogP contribution in [0, 0.1) is 0 Å². The van der Waals surface area contributed by atoms with Gasteiger partial charge >= 0.3 is 0 Å². The average molecular weight is 373 g/mol. The summed E-state index contributed by atoms with van der Waals surface area (Å²) >= 11 is 0. The van der Waals surface area contributed by atoms with Gasteiger partial charge in [0.05, 0.1) is 6.54 Å². The molecule has 1 spiro atoms. The summed E-state index contributed by atoms with van der Waals surface area (Å²) in [6.45, 7) is 1.99. The standard InChI is InChI=1S/C22H32N2O3/c1-23(2)18-10-12-22(13-11-18)16-24(21(25)20-9-5-6-14-26-20)15-17-7-3-4-8-19(17)27-22/h3-4,7-8,18,20H,5-6,9-16H2,1-2H3/t18?,20-,22?/m1/s1. The van der Waals surface area contributed by atoms with Gasteiger partial charge in [-0.3, -0.25) is 4.79 Å². The Balaban J connectivity index is 1.58. The molecular formula is C22H32N2O3. The van der Waals surface area contributed by atoms with E-state index < -0.39 is 0 Å². The van der Waals surface area contributed by atoms with Crippen LogP contribution >= 0.6 is 0 Å². The summed E-state index contributed by atoms with van der Waals surface area (Å²) < 4.78 is 12.4. The van der Waals surface area contributed by atoms with Gasteiger partial charge in [0.15, 0.2) is 0 Å². The summed E-state index contributed by atoms with van der Waals surface area (Å²) in [5.74, 6) is 1.09. The molecule has 5 heteroatoms. The Morgan fingerprint density at radius 1 is 1.15 bits per heavy atom. The number of para-hydroxylation sites is 1. The summed E-state index contributed by atoms with van der Waals surface area (Å²) in [6.07, 6.45) is 6.89. The van der Waals surface area contributed by atoms with Crippen molar-refractivity contribution in [3.63, 3.8) is 0 Å². The molecule has 1 amide bonds. The number of hydrogen-bond acceptors (Lipinski definition) is 4. The highest BCUT2D eigenvalue weighted by atomic mass is 16.5. The first-order valence-corrected chi connectivity index (χ1v) is 10.4. The van der Waals surface area contributed by atoms with Crippen molar-refractivity contribution in [1.82, 2.24) is 9.80 Å². The van der Waals surface area contributed by atoms with Crippen LogP contribution in [0.1, 0.15) is 50.5 Å². The molecule has 4 rings (SSSR count). The molecule has 0 radical (unpaired) electrons. The predicted octanol–water partition coefficient (Wildman–Crippen LogP) is 3.22. The fourth-order valence-corrected chi connectivity index (χ4v) is 4.81. The van der Waals surface area contributed by atoms with Crippen molar-refractivity contribution >= 4 is 5.91 Å². The Bertz CT molecular complexity index is 661. The van der Waals surface area contributed by atoms with Crippen molar-refractivity contribution in [2.24, 2.45) is 0 Å². The molecule has 148 valence electrons. The predicted molar refractivity (Wildman–Crippen MR) is 105 cm³/mol. The smallest absolute Gasteiger partial charge is 0.252 e. The number of benzene rings is 1. The van der Waals surface area contributed by atoms with E-state index in [1.807, 2.05) is 17.0 Å². The molecule has 0 bridgehead atoms. The quantitative estimate of drug-likeness (QED) is 0.799. The van der Waals surface area contributed by atoms with E-state index in [0.29, 0.717) is 25.7 Å². The topological polar surface area (TPSA) is 42.0 Å². The number of carbonyl (C=O) groups is 1. The van der Waals surface area contributed by atoms with Crippen molar-refractivity contribution in [2.75, 3.05) is 27.2 Å². The van der Waals surface area contributed by atoms with Crippen LogP contribution in [0.2, 0.25) is 0 Å². The average Bonchev–Trinajstić information content (AvgIpc) is 2.85. The lowest BCUT2D eigenvalue weighted by Gasteiger charge is -2.43. The highest BCUT2D eigenvalue weighted by Gasteiger charge is 2.43. The Kier molecular flexibility index (Phi) is 5.42.